The molecule has 2 heterocycles. The molecule has 7 heteroatoms. The van der Waals surface area contributed by atoms with E-state index in [4.69, 9.17) is 4.74 Å². The average molecular weight is 342 g/mol. The molecule has 0 saturated heterocycles. The highest BCUT2D eigenvalue weighted by molar-refractivity contribution is 5.75. The number of hydrogen-bond donors (Lipinski definition) is 0. The van der Waals surface area contributed by atoms with Gasteiger partial charge in [-0.3, -0.25) is 0 Å². The molecule has 0 N–H and O–H groups in total. The summed E-state index contributed by atoms with van der Waals surface area (Å²) < 4.78 is 44.1. The summed E-state index contributed by atoms with van der Waals surface area (Å²) in [7, 11) is 0. The van der Waals surface area contributed by atoms with E-state index in [0.29, 0.717) is 24.1 Å². The molecule has 0 aliphatic carbocycles. The molecule has 0 fully saturated rings. The first-order valence-electron chi connectivity index (χ1n) is 7.69. The van der Waals surface area contributed by atoms with Gasteiger partial charge in [0.15, 0.2) is 0 Å². The Hall–Kier alpha value is -2.05. The number of hydrogen-bond acceptors (Lipinski definition) is 3. The monoisotopic (exact) mass is 342 g/mol. The molecule has 0 atom stereocenters. The van der Waals surface area contributed by atoms with Crippen LogP contribution in [0.15, 0.2) is 18.2 Å². The average Bonchev–Trinajstić information content (AvgIpc) is 2.44. The van der Waals surface area contributed by atoms with Crippen LogP contribution in [0, 0.1) is 6.92 Å². The molecule has 132 valence electrons. The van der Waals surface area contributed by atoms with E-state index in [1.54, 1.807) is 26.8 Å². The van der Waals surface area contributed by atoms with Gasteiger partial charge in [0.05, 0.1) is 0 Å². The molecule has 1 aromatic heterocycles. The third-order valence-electron chi connectivity index (χ3n) is 3.42. The van der Waals surface area contributed by atoms with Crippen molar-refractivity contribution in [3.63, 3.8) is 0 Å². The molecule has 0 spiro atoms. The van der Waals surface area contributed by atoms with Crippen molar-refractivity contribution in [2.75, 3.05) is 13.1 Å². The third-order valence-corrected chi connectivity index (χ3v) is 3.42. The summed E-state index contributed by atoms with van der Waals surface area (Å²) >= 11 is 0. The van der Waals surface area contributed by atoms with Crippen molar-refractivity contribution in [3.8, 4) is 0 Å². The molecular formula is C17H21F3N2O2. The summed E-state index contributed by atoms with van der Waals surface area (Å²) in [5.41, 5.74) is -0.149. The van der Waals surface area contributed by atoms with Crippen LogP contribution in [0.3, 0.4) is 0 Å². The Bertz CT molecular complexity index is 661. The van der Waals surface area contributed by atoms with Crippen LogP contribution in [0.5, 0.6) is 0 Å². The summed E-state index contributed by atoms with van der Waals surface area (Å²) in [5.74, 6) is 0. The number of carbonyl (C=O) groups excluding carboxylic acids is 1. The zero-order valence-corrected chi connectivity index (χ0v) is 14.2. The Morgan fingerprint density at radius 1 is 1.25 bits per heavy atom. The van der Waals surface area contributed by atoms with Gasteiger partial charge in [0.1, 0.15) is 11.3 Å². The van der Waals surface area contributed by atoms with E-state index in [9.17, 15) is 18.0 Å². The number of nitrogens with zero attached hydrogens (tertiary/aromatic N) is 2. The van der Waals surface area contributed by atoms with Crippen molar-refractivity contribution >= 4 is 11.7 Å². The first-order valence-corrected chi connectivity index (χ1v) is 7.69. The van der Waals surface area contributed by atoms with Crippen molar-refractivity contribution in [1.82, 2.24) is 9.88 Å². The Kier molecular flexibility index (Phi) is 4.92. The molecule has 0 saturated carbocycles. The number of amides is 1. The van der Waals surface area contributed by atoms with Gasteiger partial charge in [-0.2, -0.15) is 13.2 Å². The van der Waals surface area contributed by atoms with Crippen molar-refractivity contribution < 1.29 is 22.7 Å². The second-order valence-electron chi connectivity index (χ2n) is 6.80. The number of rotatable bonds is 1. The summed E-state index contributed by atoms with van der Waals surface area (Å²) in [4.78, 5) is 17.2. The molecule has 2 rings (SSSR count). The number of alkyl halides is 3. The van der Waals surface area contributed by atoms with Crippen LogP contribution >= 0.6 is 0 Å². The molecule has 0 aromatic carbocycles. The van der Waals surface area contributed by atoms with Crippen LogP contribution < -0.4 is 0 Å². The lowest BCUT2D eigenvalue weighted by Crippen LogP contribution is -2.39. The zero-order chi connectivity index (χ0) is 18.1. The van der Waals surface area contributed by atoms with Crippen molar-refractivity contribution in [3.05, 3.63) is 35.2 Å². The molecule has 1 aliphatic rings. The number of carbonyl (C=O) groups is 1. The first-order chi connectivity index (χ1) is 11.0. The van der Waals surface area contributed by atoms with Crippen molar-refractivity contribution in [2.45, 2.75) is 45.9 Å². The molecular weight excluding hydrogens is 321 g/mol. The van der Waals surface area contributed by atoms with Gasteiger partial charge in [0, 0.05) is 18.8 Å². The van der Waals surface area contributed by atoms with Crippen LogP contribution in [0.1, 0.15) is 44.1 Å². The van der Waals surface area contributed by atoms with Gasteiger partial charge >= 0.3 is 12.3 Å². The molecule has 0 bridgehead atoms. The van der Waals surface area contributed by atoms with Crippen LogP contribution in [0.2, 0.25) is 0 Å². The minimum absolute atomic E-state index is 0.218. The first kappa shape index (κ1) is 18.3. The lowest BCUT2D eigenvalue weighted by atomic mass is 10.0. The zero-order valence-electron chi connectivity index (χ0n) is 14.2. The summed E-state index contributed by atoms with van der Waals surface area (Å²) in [6.45, 7) is 7.53. The quantitative estimate of drug-likeness (QED) is 0.758. The molecule has 0 unspecified atom stereocenters. The number of aryl methyl sites for hydroxylation is 1. The minimum atomic E-state index is -4.50. The summed E-state index contributed by atoms with van der Waals surface area (Å²) in [6.07, 6.45) is -2.54. The maximum Gasteiger partial charge on any atom is 0.433 e. The fourth-order valence-corrected chi connectivity index (χ4v) is 2.43. The summed E-state index contributed by atoms with van der Waals surface area (Å²) in [6, 6.07) is 2.62. The topological polar surface area (TPSA) is 42.4 Å². The van der Waals surface area contributed by atoms with E-state index in [-0.39, 0.29) is 12.2 Å². The Morgan fingerprint density at radius 3 is 2.50 bits per heavy atom. The minimum Gasteiger partial charge on any atom is -0.444 e. The maximum absolute atomic E-state index is 12.9. The smallest absolute Gasteiger partial charge is 0.433 e. The predicted octanol–water partition coefficient (Wildman–Crippen LogP) is 4.43. The number of halogens is 3. The van der Waals surface area contributed by atoms with E-state index in [1.807, 2.05) is 6.08 Å². The van der Waals surface area contributed by atoms with Crippen LogP contribution in [-0.4, -0.2) is 34.7 Å². The van der Waals surface area contributed by atoms with Gasteiger partial charge in [-0.05, 0) is 57.4 Å². The van der Waals surface area contributed by atoms with Crippen molar-refractivity contribution in [1.29, 1.82) is 0 Å². The highest BCUT2D eigenvalue weighted by Gasteiger charge is 2.33. The molecule has 24 heavy (non-hydrogen) atoms. The largest absolute Gasteiger partial charge is 0.444 e. The Balaban J connectivity index is 2.23. The Labute approximate surface area is 139 Å². The van der Waals surface area contributed by atoms with E-state index in [1.165, 1.54) is 11.8 Å². The van der Waals surface area contributed by atoms with Gasteiger partial charge in [-0.15, -0.1) is 0 Å². The Morgan fingerprint density at radius 2 is 1.92 bits per heavy atom. The third kappa shape index (κ3) is 4.72. The number of pyridine rings is 1. The van der Waals surface area contributed by atoms with Gasteiger partial charge in [0.25, 0.3) is 0 Å². The lowest BCUT2D eigenvalue weighted by Gasteiger charge is -2.30. The number of ether oxygens (including phenoxy) is 1. The molecule has 4 nitrogen and oxygen atoms in total. The second-order valence-corrected chi connectivity index (χ2v) is 6.80. The molecule has 1 aliphatic heterocycles. The van der Waals surface area contributed by atoms with Gasteiger partial charge in [-0.1, -0.05) is 6.08 Å². The van der Waals surface area contributed by atoms with Gasteiger partial charge in [-0.25, -0.2) is 9.78 Å². The lowest BCUT2D eigenvalue weighted by molar-refractivity contribution is -0.141. The molecule has 0 radical (unpaired) electrons. The normalized spacial score (nSPS) is 16.0. The SMILES string of the molecule is Cc1cc(C2=CCCN(C(=O)OC(C)(C)C)C2)cc(C(F)(F)F)n1. The van der Waals surface area contributed by atoms with Gasteiger partial charge in [0.2, 0.25) is 0 Å². The van der Waals surface area contributed by atoms with Crippen molar-refractivity contribution in [2.24, 2.45) is 0 Å². The van der Waals surface area contributed by atoms with E-state index < -0.39 is 23.6 Å². The number of aromatic nitrogens is 1. The highest BCUT2D eigenvalue weighted by atomic mass is 19.4. The van der Waals surface area contributed by atoms with E-state index >= 15 is 0 Å². The summed E-state index contributed by atoms with van der Waals surface area (Å²) in [5, 5.41) is 0. The fraction of sp³-hybridized carbons (Fsp3) is 0.529. The highest BCUT2D eigenvalue weighted by Crippen LogP contribution is 2.31. The van der Waals surface area contributed by atoms with E-state index in [2.05, 4.69) is 4.98 Å². The fourth-order valence-electron chi connectivity index (χ4n) is 2.43. The molecule has 1 amide bonds. The van der Waals surface area contributed by atoms with E-state index in [0.717, 1.165) is 6.07 Å². The molecule has 1 aromatic rings. The standard InChI is InChI=1S/C17H21F3N2O2/c1-11-8-13(9-14(21-11)17(18,19)20)12-6-5-7-22(10-12)15(23)24-16(2,3)4/h6,8-9H,5,7,10H2,1-4H3. The second kappa shape index (κ2) is 6.45. The van der Waals surface area contributed by atoms with Crippen LogP contribution in [-0.2, 0) is 10.9 Å². The maximum atomic E-state index is 12.9. The predicted molar refractivity (Wildman–Crippen MR) is 84.4 cm³/mol. The van der Waals surface area contributed by atoms with Gasteiger partial charge < -0.3 is 9.64 Å². The van der Waals surface area contributed by atoms with Crippen LogP contribution in [0.25, 0.3) is 5.57 Å². The van der Waals surface area contributed by atoms with Crippen LogP contribution in [0.4, 0.5) is 18.0 Å².